The van der Waals surface area contributed by atoms with Crippen LogP contribution in [0.15, 0.2) is 158 Å². The Morgan fingerprint density at radius 3 is 1.71 bits per heavy atom. The van der Waals surface area contributed by atoms with E-state index in [1.807, 2.05) is 0 Å². The average Bonchev–Trinajstić information content (AvgIpc) is 1.49. The van der Waals surface area contributed by atoms with E-state index in [0.29, 0.717) is 0 Å². The maximum absolute atomic E-state index is 5.63. The number of aromatic nitrogens is 3. The summed E-state index contributed by atoms with van der Waals surface area (Å²) in [5.74, 6) is 0.936. The van der Waals surface area contributed by atoms with Gasteiger partial charge < -0.3 is 9.88 Å². The Kier molecular flexibility index (Phi) is 10.9. The Bertz CT molecular complexity index is 4760. The summed E-state index contributed by atoms with van der Waals surface area (Å²) in [6, 6.07) is 60.9. The highest BCUT2D eigenvalue weighted by atomic mass is 15.1. The molecule has 1 radical (unpaired) electrons. The first-order valence-electron chi connectivity index (χ1n) is 31.9. The van der Waals surface area contributed by atoms with Crippen molar-refractivity contribution in [2.75, 3.05) is 5.32 Å². The van der Waals surface area contributed by atoms with Crippen LogP contribution in [0.2, 0.25) is 0 Å². The molecular formula is C81H80BN4. The minimum absolute atomic E-state index is 0.00434. The molecule has 0 unspecified atom stereocenters. The van der Waals surface area contributed by atoms with E-state index in [-0.39, 0.29) is 37.9 Å². The summed E-state index contributed by atoms with van der Waals surface area (Å²) in [6.07, 6.45) is 4.65. The van der Waals surface area contributed by atoms with Crippen LogP contribution in [0.3, 0.4) is 0 Å². The molecule has 0 saturated heterocycles. The van der Waals surface area contributed by atoms with Crippen molar-refractivity contribution in [1.29, 1.82) is 0 Å². The molecule has 5 heteroatoms. The molecule has 0 atom stereocenters. The monoisotopic (exact) mass is 1120 g/mol. The second kappa shape index (κ2) is 17.4. The van der Waals surface area contributed by atoms with E-state index >= 15 is 0 Å². The molecule has 0 bridgehead atoms. The maximum Gasteiger partial charge on any atom is 0.198 e. The number of fused-ring (bicyclic) bond motifs is 15. The molecule has 4 nitrogen and oxygen atoms in total. The van der Waals surface area contributed by atoms with Gasteiger partial charge in [-0.2, -0.15) is 0 Å². The fourth-order valence-corrected chi connectivity index (χ4v) is 16.9. The van der Waals surface area contributed by atoms with Crippen LogP contribution in [0.4, 0.5) is 11.4 Å². The number of anilines is 2. The fraction of sp³-hybridized carbons (Fsp3) is 0.321. The van der Waals surface area contributed by atoms with Crippen LogP contribution in [-0.2, 0) is 37.9 Å². The largest absolute Gasteiger partial charge is 0.355 e. The van der Waals surface area contributed by atoms with E-state index < -0.39 is 0 Å². The second-order valence-corrected chi connectivity index (χ2v) is 31.2. The zero-order valence-electron chi connectivity index (χ0n) is 53.3. The molecule has 0 amide bonds. The summed E-state index contributed by atoms with van der Waals surface area (Å²) in [5, 5.41) is 6.92. The lowest BCUT2D eigenvalue weighted by molar-refractivity contribution is 0.331. The Labute approximate surface area is 510 Å². The van der Waals surface area contributed by atoms with Gasteiger partial charge in [-0.15, -0.1) is 0 Å². The number of nitrogens with zero attached hydrogens (tertiary/aromatic N) is 3. The van der Waals surface area contributed by atoms with Crippen molar-refractivity contribution in [2.24, 2.45) is 0 Å². The summed E-state index contributed by atoms with van der Waals surface area (Å²) in [7, 11) is 2.58. The zero-order valence-corrected chi connectivity index (χ0v) is 53.3. The number of nitrogens with one attached hydrogen (secondary N) is 1. The number of imidazole rings is 1. The molecular weight excluding hydrogens is 1040 g/mol. The van der Waals surface area contributed by atoms with Gasteiger partial charge in [0, 0.05) is 61.0 Å². The van der Waals surface area contributed by atoms with Crippen LogP contribution >= 0.6 is 0 Å². The number of rotatable bonds is 5. The van der Waals surface area contributed by atoms with E-state index in [9.17, 15) is 0 Å². The van der Waals surface area contributed by atoms with Gasteiger partial charge >= 0.3 is 0 Å². The Balaban J connectivity index is 1.07. The van der Waals surface area contributed by atoms with Crippen molar-refractivity contribution in [3.63, 3.8) is 0 Å². The molecule has 0 spiro atoms. The van der Waals surface area contributed by atoms with Crippen LogP contribution in [0.25, 0.3) is 89.0 Å². The van der Waals surface area contributed by atoms with Gasteiger partial charge in [-0.05, 0) is 203 Å². The van der Waals surface area contributed by atoms with Crippen molar-refractivity contribution in [3.8, 4) is 56.1 Å². The molecule has 1 N–H and O–H groups in total. The molecule has 0 fully saturated rings. The maximum atomic E-state index is 5.63. The standard InChI is InChI=1S/C81H80BN4/c1-75(2,3)47-30-32-48(33-31-47)83-63-41-52-51-38-58-60(78(8,9)36-34-76(58,4)5)42-57(51)80(12,13)56(52)39-53(63)70-71-68(50-28-22-23-29-55(50)81(71,14)15)69-54-40-59-61(79(10,11)37-35-77(59,6)7)43-65(54)86-66-45-67-64(44-62(66)82-72(70)73(69)86)84-74(46-24-18-16-19-25-46)85(67)49-26-20-17-21-27-49/h16-33,38-45,83H,34-37H2,1-15H3. The average molecular weight is 1120 g/mol. The third kappa shape index (κ3) is 7.39. The summed E-state index contributed by atoms with van der Waals surface area (Å²) >= 11 is 0. The van der Waals surface area contributed by atoms with Crippen LogP contribution in [-0.4, -0.2) is 21.4 Å². The predicted octanol–water partition coefficient (Wildman–Crippen LogP) is 19.8. The summed E-state index contributed by atoms with van der Waals surface area (Å²) in [4.78, 5) is 5.63. The first-order valence-corrected chi connectivity index (χ1v) is 31.9. The van der Waals surface area contributed by atoms with Crippen molar-refractivity contribution >= 4 is 62.4 Å². The summed E-state index contributed by atoms with van der Waals surface area (Å²) < 4.78 is 5.10. The number of hydrogen-bond donors (Lipinski definition) is 1. The molecule has 2 aromatic heterocycles. The van der Waals surface area contributed by atoms with E-state index in [0.717, 1.165) is 52.3 Å². The van der Waals surface area contributed by atoms with Crippen LogP contribution in [0.1, 0.15) is 180 Å². The number of para-hydroxylation sites is 1. The van der Waals surface area contributed by atoms with Crippen molar-refractivity contribution in [1.82, 2.24) is 14.1 Å². The van der Waals surface area contributed by atoms with Gasteiger partial charge in [0.05, 0.1) is 16.6 Å². The quantitative estimate of drug-likeness (QED) is 0.174. The van der Waals surface area contributed by atoms with E-state index in [2.05, 4.69) is 283 Å². The normalized spacial score (nSPS) is 18.2. The highest BCUT2D eigenvalue weighted by molar-refractivity contribution is 6.74. The Hall–Kier alpha value is -7.89. The summed E-state index contributed by atoms with van der Waals surface area (Å²) in [6.45, 7) is 36.8. The van der Waals surface area contributed by atoms with E-state index in [1.165, 1.54) is 135 Å². The number of benzene rings is 9. The minimum atomic E-state index is -0.369. The lowest BCUT2D eigenvalue weighted by atomic mass is 9.57. The molecule has 4 aliphatic carbocycles. The van der Waals surface area contributed by atoms with Crippen LogP contribution < -0.4 is 16.2 Å². The topological polar surface area (TPSA) is 34.8 Å². The van der Waals surface area contributed by atoms with Gasteiger partial charge in [0.15, 0.2) is 7.28 Å². The van der Waals surface area contributed by atoms with Gasteiger partial charge in [0.1, 0.15) is 5.82 Å². The van der Waals surface area contributed by atoms with Gasteiger partial charge in [0.25, 0.3) is 0 Å². The highest BCUT2D eigenvalue weighted by Crippen LogP contribution is 2.61. The summed E-state index contributed by atoms with van der Waals surface area (Å²) in [5.41, 5.74) is 33.1. The second-order valence-electron chi connectivity index (χ2n) is 31.2. The van der Waals surface area contributed by atoms with Crippen molar-refractivity contribution < 1.29 is 0 Å². The molecule has 86 heavy (non-hydrogen) atoms. The molecule has 5 aliphatic rings. The third-order valence-electron chi connectivity index (χ3n) is 22.2. The molecule has 11 aromatic rings. The minimum Gasteiger partial charge on any atom is -0.355 e. The van der Waals surface area contributed by atoms with Crippen molar-refractivity contribution in [3.05, 3.63) is 208 Å². The zero-order chi connectivity index (χ0) is 59.7. The number of hydrogen-bond acceptors (Lipinski definition) is 2. The molecule has 16 rings (SSSR count). The van der Waals surface area contributed by atoms with Crippen molar-refractivity contribution in [2.45, 2.75) is 167 Å². The molecule has 9 aromatic carbocycles. The fourth-order valence-electron chi connectivity index (χ4n) is 16.9. The molecule has 1 aliphatic heterocycles. The van der Waals surface area contributed by atoms with Crippen LogP contribution in [0.5, 0.6) is 0 Å². The predicted molar refractivity (Wildman–Crippen MR) is 365 cm³/mol. The first kappa shape index (κ1) is 53.6. The van der Waals surface area contributed by atoms with Gasteiger partial charge in [-0.25, -0.2) is 4.98 Å². The lowest BCUT2D eigenvalue weighted by Crippen LogP contribution is -2.38. The first-order chi connectivity index (χ1) is 40.7. The SMILES string of the molecule is CC(C)(C)c1ccc(Nc2cc3c(cc2-c2c4c(c5c6cc7c(cc6n6c5c2[B]c2cc5nc(-c8ccccc8)n(-c8ccccc8)c5cc2-6)C(C)(C)CCC7(C)C)-c2ccccc2C4(C)C)C(C)(C)c2cc4c(cc2-3)C(C)(C)CCC4(C)C)cc1. The highest BCUT2D eigenvalue weighted by Gasteiger charge is 2.47. The Morgan fingerprint density at radius 2 is 1.05 bits per heavy atom. The van der Waals surface area contributed by atoms with Gasteiger partial charge in [0.2, 0.25) is 0 Å². The van der Waals surface area contributed by atoms with E-state index in [4.69, 9.17) is 4.98 Å². The van der Waals surface area contributed by atoms with E-state index in [1.54, 1.807) is 0 Å². The smallest absolute Gasteiger partial charge is 0.198 e. The van der Waals surface area contributed by atoms with Gasteiger partial charge in [-0.3, -0.25) is 4.57 Å². The van der Waals surface area contributed by atoms with Gasteiger partial charge in [-0.1, -0.05) is 200 Å². The molecule has 427 valence electrons. The Morgan fingerprint density at radius 1 is 0.477 bits per heavy atom. The molecule has 3 heterocycles. The van der Waals surface area contributed by atoms with Crippen LogP contribution in [0, 0.1) is 0 Å². The third-order valence-corrected chi connectivity index (χ3v) is 22.2. The lowest BCUT2D eigenvalue weighted by Gasteiger charge is -2.42. The molecule has 0 saturated carbocycles.